The number of rotatable bonds is 6. The zero-order chi connectivity index (χ0) is 12.0. The van der Waals surface area contributed by atoms with E-state index >= 15 is 0 Å². The Bertz CT molecular complexity index is 314. The molecule has 1 unspecified atom stereocenters. The number of hydrazine groups is 1. The predicted molar refractivity (Wildman–Crippen MR) is 57.7 cm³/mol. The molecule has 0 amide bonds. The quantitative estimate of drug-likeness (QED) is 0.573. The van der Waals surface area contributed by atoms with Crippen LogP contribution in [0, 0.1) is 11.6 Å². The van der Waals surface area contributed by atoms with Crippen LogP contribution in [0.4, 0.5) is 8.78 Å². The van der Waals surface area contributed by atoms with Gasteiger partial charge in [0.15, 0.2) is 0 Å². The van der Waals surface area contributed by atoms with Gasteiger partial charge in [-0.3, -0.25) is 11.3 Å². The van der Waals surface area contributed by atoms with E-state index in [0.29, 0.717) is 13.2 Å². The van der Waals surface area contributed by atoms with Crippen LogP contribution in [0.25, 0.3) is 0 Å². The first-order chi connectivity index (χ1) is 7.69. The lowest BCUT2D eigenvalue weighted by Crippen LogP contribution is -2.40. The van der Waals surface area contributed by atoms with E-state index in [1.165, 1.54) is 18.2 Å². The number of ether oxygens (including phenoxy) is 1. The molecule has 0 aliphatic carbocycles. The van der Waals surface area contributed by atoms with Crippen LogP contribution >= 0.6 is 0 Å². The predicted octanol–water partition coefficient (Wildman–Crippen LogP) is 1.38. The molecular weight excluding hydrogens is 214 g/mol. The summed E-state index contributed by atoms with van der Waals surface area (Å²) in [6.45, 7) is 2.70. The highest BCUT2D eigenvalue weighted by Crippen LogP contribution is 2.14. The van der Waals surface area contributed by atoms with E-state index in [4.69, 9.17) is 10.6 Å². The van der Waals surface area contributed by atoms with Crippen molar-refractivity contribution in [3.8, 4) is 0 Å². The van der Waals surface area contributed by atoms with Crippen molar-refractivity contribution in [3.63, 3.8) is 0 Å². The monoisotopic (exact) mass is 230 g/mol. The third-order valence-electron chi connectivity index (χ3n) is 2.27. The number of hydrogen-bond donors (Lipinski definition) is 2. The summed E-state index contributed by atoms with van der Waals surface area (Å²) >= 11 is 0. The lowest BCUT2D eigenvalue weighted by atomic mass is 10.1. The number of nitrogens with one attached hydrogen (secondary N) is 1. The van der Waals surface area contributed by atoms with Gasteiger partial charge in [-0.2, -0.15) is 0 Å². The second kappa shape index (κ2) is 6.52. The van der Waals surface area contributed by atoms with Gasteiger partial charge in [-0.15, -0.1) is 0 Å². The Balaban J connectivity index is 2.69. The molecule has 0 radical (unpaired) electrons. The van der Waals surface area contributed by atoms with E-state index < -0.39 is 11.6 Å². The van der Waals surface area contributed by atoms with Crippen LogP contribution in [0.3, 0.4) is 0 Å². The fraction of sp³-hybridized carbons (Fsp3) is 0.455. The van der Waals surface area contributed by atoms with Gasteiger partial charge < -0.3 is 4.74 Å². The molecule has 3 N–H and O–H groups in total. The van der Waals surface area contributed by atoms with Crippen LogP contribution in [0.15, 0.2) is 18.2 Å². The summed E-state index contributed by atoms with van der Waals surface area (Å²) < 4.78 is 31.8. The Morgan fingerprint density at radius 3 is 2.50 bits per heavy atom. The van der Waals surface area contributed by atoms with E-state index in [1.54, 1.807) is 0 Å². The number of halogens is 2. The third kappa shape index (κ3) is 3.52. The van der Waals surface area contributed by atoms with Crippen molar-refractivity contribution in [2.24, 2.45) is 5.84 Å². The highest BCUT2D eigenvalue weighted by Gasteiger charge is 2.14. The normalized spacial score (nSPS) is 12.8. The molecule has 1 atom stereocenters. The highest BCUT2D eigenvalue weighted by molar-refractivity contribution is 5.20. The maximum absolute atomic E-state index is 13.3. The summed E-state index contributed by atoms with van der Waals surface area (Å²) in [5.41, 5.74) is 2.51. The summed E-state index contributed by atoms with van der Waals surface area (Å²) in [6.07, 6.45) is 0.162. The zero-order valence-corrected chi connectivity index (χ0v) is 9.17. The summed E-state index contributed by atoms with van der Waals surface area (Å²) in [6, 6.07) is 3.49. The number of nitrogens with two attached hydrogens (primary N) is 1. The minimum absolute atomic E-state index is 0.0325. The van der Waals surface area contributed by atoms with Gasteiger partial charge in [-0.05, 0) is 25.5 Å². The fourth-order valence-corrected chi connectivity index (χ4v) is 1.40. The van der Waals surface area contributed by atoms with E-state index in [2.05, 4.69) is 5.43 Å². The smallest absolute Gasteiger partial charge is 0.129 e. The van der Waals surface area contributed by atoms with Gasteiger partial charge in [-0.1, -0.05) is 6.07 Å². The molecule has 3 nitrogen and oxygen atoms in total. The molecule has 0 fully saturated rings. The third-order valence-corrected chi connectivity index (χ3v) is 2.27. The SMILES string of the molecule is CCOCC(Cc1c(F)cccc1F)NN. The van der Waals surface area contributed by atoms with E-state index in [9.17, 15) is 8.78 Å². The second-order valence-electron chi connectivity index (χ2n) is 3.43. The molecular formula is C11H16F2N2O. The van der Waals surface area contributed by atoms with Gasteiger partial charge in [0.1, 0.15) is 11.6 Å². The molecule has 0 aromatic heterocycles. The van der Waals surface area contributed by atoms with Gasteiger partial charge in [-0.25, -0.2) is 8.78 Å². The molecule has 0 saturated carbocycles. The zero-order valence-electron chi connectivity index (χ0n) is 9.17. The van der Waals surface area contributed by atoms with Crippen LogP contribution in [0.2, 0.25) is 0 Å². The maximum Gasteiger partial charge on any atom is 0.129 e. The van der Waals surface area contributed by atoms with Crippen molar-refractivity contribution in [1.82, 2.24) is 5.43 Å². The standard InChI is InChI=1S/C11H16F2N2O/c1-2-16-7-8(15-14)6-9-10(12)4-3-5-11(9)13/h3-5,8,15H,2,6-7,14H2,1H3. The van der Waals surface area contributed by atoms with Gasteiger partial charge in [0.25, 0.3) is 0 Å². The van der Waals surface area contributed by atoms with Crippen molar-refractivity contribution in [1.29, 1.82) is 0 Å². The highest BCUT2D eigenvalue weighted by atomic mass is 19.1. The van der Waals surface area contributed by atoms with Crippen molar-refractivity contribution < 1.29 is 13.5 Å². The second-order valence-corrected chi connectivity index (χ2v) is 3.43. The van der Waals surface area contributed by atoms with E-state index in [0.717, 1.165) is 0 Å². The van der Waals surface area contributed by atoms with Crippen molar-refractivity contribution >= 4 is 0 Å². The summed E-state index contributed by atoms with van der Waals surface area (Å²) in [5.74, 6) is 4.17. The first-order valence-corrected chi connectivity index (χ1v) is 5.15. The Morgan fingerprint density at radius 1 is 1.38 bits per heavy atom. The molecule has 1 rings (SSSR count). The molecule has 0 bridgehead atoms. The Labute approximate surface area is 93.6 Å². The van der Waals surface area contributed by atoms with Gasteiger partial charge in [0, 0.05) is 18.2 Å². The fourth-order valence-electron chi connectivity index (χ4n) is 1.40. The molecule has 0 aliphatic heterocycles. The minimum atomic E-state index is -0.559. The molecule has 16 heavy (non-hydrogen) atoms. The van der Waals surface area contributed by atoms with Crippen LogP contribution in [0.1, 0.15) is 12.5 Å². The number of benzene rings is 1. The first-order valence-electron chi connectivity index (χ1n) is 5.15. The first kappa shape index (κ1) is 13.0. The maximum atomic E-state index is 13.3. The van der Waals surface area contributed by atoms with E-state index in [1.807, 2.05) is 6.92 Å². The van der Waals surface area contributed by atoms with Gasteiger partial charge in [0.05, 0.1) is 6.61 Å². The lowest BCUT2D eigenvalue weighted by Gasteiger charge is -2.16. The Kier molecular flexibility index (Phi) is 5.31. The molecule has 1 aromatic carbocycles. The van der Waals surface area contributed by atoms with Gasteiger partial charge in [0.2, 0.25) is 0 Å². The van der Waals surface area contributed by atoms with Gasteiger partial charge >= 0.3 is 0 Å². The van der Waals surface area contributed by atoms with Crippen molar-refractivity contribution in [3.05, 3.63) is 35.4 Å². The van der Waals surface area contributed by atoms with E-state index in [-0.39, 0.29) is 18.0 Å². The molecule has 1 aromatic rings. The lowest BCUT2D eigenvalue weighted by molar-refractivity contribution is 0.122. The Hall–Kier alpha value is -1.04. The van der Waals surface area contributed by atoms with Crippen molar-refractivity contribution in [2.75, 3.05) is 13.2 Å². The molecule has 0 aliphatic rings. The van der Waals surface area contributed by atoms with Crippen molar-refractivity contribution in [2.45, 2.75) is 19.4 Å². The average molecular weight is 230 g/mol. The van der Waals surface area contributed by atoms with Crippen LogP contribution in [-0.4, -0.2) is 19.3 Å². The molecule has 0 spiro atoms. The summed E-state index contributed by atoms with van der Waals surface area (Å²) in [4.78, 5) is 0. The molecule has 5 heteroatoms. The summed E-state index contributed by atoms with van der Waals surface area (Å²) in [5, 5.41) is 0. The van der Waals surface area contributed by atoms with Crippen LogP contribution in [0.5, 0.6) is 0 Å². The summed E-state index contributed by atoms with van der Waals surface area (Å²) in [7, 11) is 0. The number of hydrogen-bond acceptors (Lipinski definition) is 3. The molecule has 90 valence electrons. The Morgan fingerprint density at radius 2 is 2.00 bits per heavy atom. The topological polar surface area (TPSA) is 47.3 Å². The molecule has 0 heterocycles. The molecule has 0 saturated heterocycles. The van der Waals surface area contributed by atoms with Crippen LogP contribution < -0.4 is 11.3 Å². The largest absolute Gasteiger partial charge is 0.380 e. The average Bonchev–Trinajstić information content (AvgIpc) is 2.28. The van der Waals surface area contributed by atoms with Crippen LogP contribution in [-0.2, 0) is 11.2 Å². The minimum Gasteiger partial charge on any atom is -0.380 e.